The zero-order valence-corrected chi connectivity index (χ0v) is 15.3. The van der Waals surface area contributed by atoms with Gasteiger partial charge in [0, 0.05) is 12.2 Å². The van der Waals surface area contributed by atoms with Crippen LogP contribution in [0.3, 0.4) is 0 Å². The van der Waals surface area contributed by atoms with E-state index in [0.717, 1.165) is 0 Å². The molecule has 2 rings (SSSR count). The first kappa shape index (κ1) is 19.0. The minimum absolute atomic E-state index is 0.0723. The molecule has 0 spiro atoms. The van der Waals surface area contributed by atoms with E-state index in [4.69, 9.17) is 10.5 Å². The summed E-state index contributed by atoms with van der Waals surface area (Å²) in [5.74, 6) is -0.750. The third kappa shape index (κ3) is 4.85. The van der Waals surface area contributed by atoms with Crippen LogP contribution in [-0.4, -0.2) is 43.5 Å². The van der Waals surface area contributed by atoms with Crippen LogP contribution in [0.15, 0.2) is 29.2 Å². The van der Waals surface area contributed by atoms with Gasteiger partial charge < -0.3 is 10.5 Å². The number of anilines is 1. The summed E-state index contributed by atoms with van der Waals surface area (Å²) in [6.45, 7) is 5.51. The molecule has 3 N–H and O–H groups in total. The standard InChI is InChI=1S/C16H23N3O5S/c1-16(2,3)24-15(21)19-10-4-5-13(19)14(20)18-25(22,23)12-8-6-11(17)7-9-12/h6-9,13H,4-5,10,17H2,1-3H3,(H,18,20)/t13-/m0/s1. The van der Waals surface area contributed by atoms with Crippen LogP contribution >= 0.6 is 0 Å². The van der Waals surface area contributed by atoms with Gasteiger partial charge in [0.15, 0.2) is 0 Å². The second-order valence-electron chi connectivity index (χ2n) is 6.87. The van der Waals surface area contributed by atoms with Crippen molar-refractivity contribution in [3.63, 3.8) is 0 Å². The number of nitrogens with two attached hydrogens (primary N) is 1. The highest BCUT2D eigenvalue weighted by Crippen LogP contribution is 2.22. The van der Waals surface area contributed by atoms with Gasteiger partial charge in [0.1, 0.15) is 11.6 Å². The van der Waals surface area contributed by atoms with Crippen LogP contribution in [0.5, 0.6) is 0 Å². The second-order valence-corrected chi connectivity index (χ2v) is 8.55. The fourth-order valence-electron chi connectivity index (χ4n) is 2.48. The van der Waals surface area contributed by atoms with Crippen molar-refractivity contribution in [2.75, 3.05) is 12.3 Å². The molecule has 0 aliphatic carbocycles. The molecule has 1 aromatic rings. The summed E-state index contributed by atoms with van der Waals surface area (Å²) >= 11 is 0. The van der Waals surface area contributed by atoms with Gasteiger partial charge in [-0.25, -0.2) is 17.9 Å². The Balaban J connectivity index is 2.11. The molecule has 1 aliphatic heterocycles. The number of nitrogen functional groups attached to an aromatic ring is 1. The molecule has 0 radical (unpaired) electrons. The molecule has 1 aliphatic rings. The maximum absolute atomic E-state index is 12.4. The summed E-state index contributed by atoms with van der Waals surface area (Å²) in [5.41, 5.74) is 5.25. The molecular weight excluding hydrogens is 346 g/mol. The monoisotopic (exact) mass is 369 g/mol. The summed E-state index contributed by atoms with van der Waals surface area (Å²) in [6, 6.07) is 4.61. The van der Waals surface area contributed by atoms with E-state index in [1.807, 2.05) is 4.72 Å². The van der Waals surface area contributed by atoms with Gasteiger partial charge in [-0.15, -0.1) is 0 Å². The molecule has 9 heteroatoms. The van der Waals surface area contributed by atoms with E-state index in [9.17, 15) is 18.0 Å². The van der Waals surface area contributed by atoms with Crippen LogP contribution in [0.25, 0.3) is 0 Å². The van der Waals surface area contributed by atoms with Crippen molar-refractivity contribution < 1.29 is 22.7 Å². The van der Waals surface area contributed by atoms with E-state index in [1.54, 1.807) is 20.8 Å². The third-order valence-corrected chi connectivity index (χ3v) is 4.97. The van der Waals surface area contributed by atoms with Crippen LogP contribution in [0.1, 0.15) is 33.6 Å². The molecule has 0 saturated carbocycles. The molecule has 0 aromatic heterocycles. The molecule has 1 heterocycles. The summed E-state index contributed by atoms with van der Waals surface area (Å²) in [5, 5.41) is 0. The van der Waals surface area contributed by atoms with Crippen molar-refractivity contribution in [1.29, 1.82) is 0 Å². The highest BCUT2D eigenvalue weighted by atomic mass is 32.2. The summed E-state index contributed by atoms with van der Waals surface area (Å²) in [4.78, 5) is 25.8. The molecule has 0 bridgehead atoms. The van der Waals surface area contributed by atoms with E-state index in [-0.39, 0.29) is 4.90 Å². The predicted molar refractivity (Wildman–Crippen MR) is 92.1 cm³/mol. The van der Waals surface area contributed by atoms with Crippen molar-refractivity contribution in [3.8, 4) is 0 Å². The van der Waals surface area contributed by atoms with E-state index < -0.39 is 33.7 Å². The highest BCUT2D eigenvalue weighted by molar-refractivity contribution is 7.90. The third-order valence-electron chi connectivity index (χ3n) is 3.61. The van der Waals surface area contributed by atoms with Gasteiger partial charge in [-0.1, -0.05) is 0 Å². The lowest BCUT2D eigenvalue weighted by atomic mass is 10.2. The summed E-state index contributed by atoms with van der Waals surface area (Å²) in [7, 11) is -4.03. The topological polar surface area (TPSA) is 119 Å². The fraction of sp³-hybridized carbons (Fsp3) is 0.500. The van der Waals surface area contributed by atoms with Gasteiger partial charge in [-0.05, 0) is 57.9 Å². The van der Waals surface area contributed by atoms with Crippen molar-refractivity contribution in [2.24, 2.45) is 0 Å². The van der Waals surface area contributed by atoms with Crippen molar-refractivity contribution in [1.82, 2.24) is 9.62 Å². The molecule has 1 saturated heterocycles. The van der Waals surface area contributed by atoms with Crippen molar-refractivity contribution in [2.45, 2.75) is 50.2 Å². The Morgan fingerprint density at radius 2 is 1.84 bits per heavy atom. The van der Waals surface area contributed by atoms with Crippen LogP contribution in [0.2, 0.25) is 0 Å². The zero-order valence-electron chi connectivity index (χ0n) is 14.5. The normalized spacial score (nSPS) is 18.0. The van der Waals surface area contributed by atoms with Gasteiger partial charge in [0.05, 0.1) is 4.90 Å². The molecule has 0 unspecified atom stereocenters. The predicted octanol–water partition coefficient (Wildman–Crippen LogP) is 1.47. The van der Waals surface area contributed by atoms with E-state index >= 15 is 0 Å². The molecule has 8 nitrogen and oxygen atoms in total. The first-order valence-corrected chi connectivity index (χ1v) is 9.40. The maximum atomic E-state index is 12.4. The fourth-order valence-corrected chi connectivity index (χ4v) is 3.50. The van der Waals surface area contributed by atoms with E-state index in [2.05, 4.69) is 0 Å². The number of likely N-dealkylation sites (tertiary alicyclic amines) is 1. The lowest BCUT2D eigenvalue weighted by molar-refractivity contribution is -0.123. The minimum Gasteiger partial charge on any atom is -0.444 e. The number of benzene rings is 1. The Bertz CT molecular complexity index is 753. The maximum Gasteiger partial charge on any atom is 0.410 e. The number of nitrogens with zero attached hydrogens (tertiary/aromatic N) is 1. The van der Waals surface area contributed by atoms with Crippen LogP contribution < -0.4 is 10.5 Å². The number of ether oxygens (including phenoxy) is 1. The minimum atomic E-state index is -4.03. The van der Waals surface area contributed by atoms with Gasteiger partial charge >= 0.3 is 6.09 Å². The first-order chi connectivity index (χ1) is 11.5. The molecule has 25 heavy (non-hydrogen) atoms. The Kier molecular flexibility index (Phi) is 5.26. The summed E-state index contributed by atoms with van der Waals surface area (Å²) < 4.78 is 31.9. The Morgan fingerprint density at radius 1 is 1.24 bits per heavy atom. The lowest BCUT2D eigenvalue weighted by Crippen LogP contribution is -2.48. The lowest BCUT2D eigenvalue weighted by Gasteiger charge is -2.27. The van der Waals surface area contributed by atoms with Crippen molar-refractivity contribution >= 4 is 27.7 Å². The Labute approximate surface area is 147 Å². The number of carbonyl (C=O) groups excluding carboxylic acids is 2. The summed E-state index contributed by atoms with van der Waals surface area (Å²) in [6.07, 6.45) is 0.344. The number of rotatable bonds is 3. The SMILES string of the molecule is CC(C)(C)OC(=O)N1CCC[C@H]1C(=O)NS(=O)(=O)c1ccc(N)cc1. The molecule has 2 amide bonds. The number of amides is 2. The van der Waals surface area contributed by atoms with Crippen LogP contribution in [0, 0.1) is 0 Å². The Morgan fingerprint density at radius 3 is 2.40 bits per heavy atom. The smallest absolute Gasteiger partial charge is 0.410 e. The molecular formula is C16H23N3O5S. The first-order valence-electron chi connectivity index (χ1n) is 7.91. The largest absolute Gasteiger partial charge is 0.444 e. The Hall–Kier alpha value is -2.29. The van der Waals surface area contributed by atoms with Crippen LogP contribution in [0.4, 0.5) is 10.5 Å². The number of hydrogen-bond donors (Lipinski definition) is 2. The average Bonchev–Trinajstić information content (AvgIpc) is 2.95. The molecule has 1 atom stereocenters. The van der Waals surface area contributed by atoms with E-state index in [1.165, 1.54) is 29.2 Å². The van der Waals surface area contributed by atoms with Gasteiger partial charge in [-0.3, -0.25) is 9.69 Å². The highest BCUT2D eigenvalue weighted by Gasteiger charge is 2.38. The second kappa shape index (κ2) is 6.91. The quantitative estimate of drug-likeness (QED) is 0.779. The van der Waals surface area contributed by atoms with Gasteiger partial charge in [0.25, 0.3) is 15.9 Å². The number of sulfonamides is 1. The van der Waals surface area contributed by atoms with Gasteiger partial charge in [-0.2, -0.15) is 0 Å². The van der Waals surface area contributed by atoms with Gasteiger partial charge in [0.2, 0.25) is 0 Å². The average molecular weight is 369 g/mol. The van der Waals surface area contributed by atoms with Crippen molar-refractivity contribution in [3.05, 3.63) is 24.3 Å². The molecule has 1 fully saturated rings. The molecule has 138 valence electrons. The zero-order chi connectivity index (χ0) is 18.8. The number of carbonyl (C=O) groups is 2. The van der Waals surface area contributed by atoms with Crippen LogP contribution in [-0.2, 0) is 19.6 Å². The number of nitrogens with one attached hydrogen (secondary N) is 1. The number of hydrogen-bond acceptors (Lipinski definition) is 6. The van der Waals surface area contributed by atoms with E-state index in [0.29, 0.717) is 25.1 Å². The molecule has 1 aromatic carbocycles.